The average Bonchev–Trinajstić information content (AvgIpc) is 2.77. The molecule has 2 amide bonds. The van der Waals surface area contributed by atoms with Gasteiger partial charge >= 0.3 is 0 Å². The van der Waals surface area contributed by atoms with Gasteiger partial charge in [0, 0.05) is 26.8 Å². The van der Waals surface area contributed by atoms with Crippen LogP contribution in [0.2, 0.25) is 0 Å². The summed E-state index contributed by atoms with van der Waals surface area (Å²) >= 11 is 3.22. The van der Waals surface area contributed by atoms with Crippen LogP contribution in [0.25, 0.3) is 0 Å². The van der Waals surface area contributed by atoms with E-state index in [0.717, 1.165) is 31.7 Å². The molecular weight excluding hydrogens is 448 g/mol. The van der Waals surface area contributed by atoms with Crippen molar-refractivity contribution in [2.75, 3.05) is 10.2 Å². The Kier molecular flexibility index (Phi) is 6.86. The van der Waals surface area contributed by atoms with E-state index in [2.05, 4.69) is 17.4 Å². The zero-order chi connectivity index (χ0) is 23.6. The number of rotatable bonds is 5. The lowest BCUT2D eigenvalue weighted by Crippen LogP contribution is -2.34. The summed E-state index contributed by atoms with van der Waals surface area (Å²) in [6.45, 7) is 8.08. The highest BCUT2D eigenvalue weighted by Crippen LogP contribution is 2.48. The fourth-order valence-corrected chi connectivity index (χ4v) is 5.65. The topological polar surface area (TPSA) is 49.4 Å². The lowest BCUT2D eigenvalue weighted by Gasteiger charge is -2.32. The summed E-state index contributed by atoms with van der Waals surface area (Å²) in [7, 11) is 0. The van der Waals surface area contributed by atoms with E-state index < -0.39 is 0 Å². The molecule has 1 aliphatic heterocycles. The predicted octanol–water partition coefficient (Wildman–Crippen LogP) is 7.37. The summed E-state index contributed by atoms with van der Waals surface area (Å²) in [6.07, 6.45) is 0.464. The Morgan fingerprint density at radius 2 is 1.45 bits per heavy atom. The zero-order valence-electron chi connectivity index (χ0n) is 19.3. The van der Waals surface area contributed by atoms with E-state index in [1.165, 1.54) is 11.8 Å². The van der Waals surface area contributed by atoms with E-state index in [1.54, 1.807) is 11.8 Å². The molecule has 0 radical (unpaired) electrons. The number of para-hydroxylation sites is 2. The summed E-state index contributed by atoms with van der Waals surface area (Å²) < 4.78 is 0. The van der Waals surface area contributed by atoms with E-state index in [4.69, 9.17) is 0 Å². The van der Waals surface area contributed by atoms with Gasteiger partial charge in [-0.3, -0.25) is 14.5 Å². The number of carbonyl (C=O) groups is 2. The van der Waals surface area contributed by atoms with Gasteiger partial charge in [0.1, 0.15) is 0 Å². The van der Waals surface area contributed by atoms with Gasteiger partial charge in [0.2, 0.25) is 11.8 Å². The van der Waals surface area contributed by atoms with Gasteiger partial charge in [-0.1, -0.05) is 56.8 Å². The number of hydrogen-bond donors (Lipinski definition) is 1. The quantitative estimate of drug-likeness (QED) is 0.391. The number of hydrogen-bond acceptors (Lipinski definition) is 4. The van der Waals surface area contributed by atoms with Crippen LogP contribution in [-0.2, 0) is 9.59 Å². The molecule has 0 aromatic heterocycles. The van der Waals surface area contributed by atoms with Crippen LogP contribution in [0.1, 0.15) is 34.1 Å². The monoisotopic (exact) mass is 476 g/mol. The van der Waals surface area contributed by atoms with E-state index >= 15 is 0 Å². The largest absolute Gasteiger partial charge is 0.326 e. The number of nitrogens with one attached hydrogen (secondary N) is 1. The second-order valence-corrected chi connectivity index (χ2v) is 11.8. The molecule has 170 valence electrons. The third-order valence-corrected chi connectivity index (χ3v) is 7.37. The molecule has 0 saturated heterocycles. The van der Waals surface area contributed by atoms with Gasteiger partial charge in [-0.2, -0.15) is 0 Å². The molecule has 0 aliphatic carbocycles. The van der Waals surface area contributed by atoms with Crippen molar-refractivity contribution in [3.05, 3.63) is 72.8 Å². The van der Waals surface area contributed by atoms with Crippen LogP contribution in [0.15, 0.2) is 87.5 Å². The summed E-state index contributed by atoms with van der Waals surface area (Å²) in [5.74, 6) is 0.0505. The van der Waals surface area contributed by atoms with Crippen molar-refractivity contribution in [3.63, 3.8) is 0 Å². The number of carbonyl (C=O) groups excluding carboxylic acids is 2. The highest BCUT2D eigenvalue weighted by molar-refractivity contribution is 8.00. The van der Waals surface area contributed by atoms with Gasteiger partial charge in [-0.25, -0.2) is 0 Å². The van der Waals surface area contributed by atoms with Crippen molar-refractivity contribution in [2.24, 2.45) is 5.41 Å². The SMILES string of the molecule is CC(Sc1ccc(NC(=O)CC(C)(C)C)cc1)C(=O)N1c2ccccc2Sc2ccccc21. The second-order valence-electron chi connectivity index (χ2n) is 9.28. The van der Waals surface area contributed by atoms with Crippen LogP contribution in [0.3, 0.4) is 0 Å². The van der Waals surface area contributed by atoms with Gasteiger partial charge in [-0.15, -0.1) is 11.8 Å². The Labute approximate surface area is 204 Å². The van der Waals surface area contributed by atoms with E-state index in [0.29, 0.717) is 6.42 Å². The molecule has 0 fully saturated rings. The van der Waals surface area contributed by atoms with Crippen LogP contribution in [0.4, 0.5) is 17.1 Å². The molecule has 6 heteroatoms. The van der Waals surface area contributed by atoms with Gasteiger partial charge in [0.25, 0.3) is 0 Å². The highest BCUT2D eigenvalue weighted by Gasteiger charge is 2.31. The fraction of sp³-hybridized carbons (Fsp3) is 0.259. The van der Waals surface area contributed by atoms with Gasteiger partial charge in [0.05, 0.1) is 16.6 Å². The molecule has 0 spiro atoms. The third-order valence-electron chi connectivity index (χ3n) is 5.14. The van der Waals surface area contributed by atoms with Gasteiger partial charge in [-0.05, 0) is 60.9 Å². The molecule has 3 aromatic rings. The first kappa shape index (κ1) is 23.5. The first-order valence-electron chi connectivity index (χ1n) is 11.0. The van der Waals surface area contributed by atoms with Crippen LogP contribution in [0.5, 0.6) is 0 Å². The lowest BCUT2D eigenvalue weighted by atomic mass is 9.92. The molecule has 4 rings (SSSR count). The van der Waals surface area contributed by atoms with E-state index in [-0.39, 0.29) is 22.5 Å². The van der Waals surface area contributed by atoms with Crippen molar-refractivity contribution in [1.29, 1.82) is 0 Å². The number of anilines is 3. The molecule has 0 bridgehead atoms. The van der Waals surface area contributed by atoms with Crippen LogP contribution >= 0.6 is 23.5 Å². The summed E-state index contributed by atoms with van der Waals surface area (Å²) in [5, 5.41) is 2.67. The normalized spacial score (nSPS) is 13.6. The zero-order valence-corrected chi connectivity index (χ0v) is 20.9. The Morgan fingerprint density at radius 1 is 0.909 bits per heavy atom. The first-order chi connectivity index (χ1) is 15.7. The third kappa shape index (κ3) is 5.63. The Balaban J connectivity index is 1.48. The molecule has 1 atom stereocenters. The Hall–Kier alpha value is -2.70. The minimum absolute atomic E-state index is 0.00625. The lowest BCUT2D eigenvalue weighted by molar-refractivity contribution is -0.118. The second kappa shape index (κ2) is 9.65. The fourth-order valence-electron chi connectivity index (χ4n) is 3.68. The number of nitrogens with zero attached hydrogens (tertiary/aromatic N) is 1. The maximum Gasteiger partial charge on any atom is 0.244 e. The molecule has 4 nitrogen and oxygen atoms in total. The molecule has 1 N–H and O–H groups in total. The minimum atomic E-state index is -0.282. The van der Waals surface area contributed by atoms with Crippen molar-refractivity contribution >= 4 is 52.4 Å². The van der Waals surface area contributed by atoms with E-state index in [9.17, 15) is 9.59 Å². The standard InChI is InChI=1S/C27H28N2O2S2/c1-18(32-20-15-13-19(14-16-20)28-25(30)17-27(2,3)4)26(31)29-21-9-5-7-11-23(21)33-24-12-8-6-10-22(24)29/h5-16,18H,17H2,1-4H3,(H,28,30). The number of amides is 2. The first-order valence-corrected chi connectivity index (χ1v) is 12.7. The molecule has 1 unspecified atom stereocenters. The predicted molar refractivity (Wildman–Crippen MR) is 139 cm³/mol. The Morgan fingerprint density at radius 3 is 2.00 bits per heavy atom. The Bertz CT molecular complexity index is 1120. The molecular formula is C27H28N2O2S2. The maximum absolute atomic E-state index is 13.6. The van der Waals surface area contributed by atoms with Gasteiger partial charge < -0.3 is 5.32 Å². The number of thioether (sulfide) groups is 1. The van der Waals surface area contributed by atoms with Crippen molar-refractivity contribution < 1.29 is 9.59 Å². The average molecular weight is 477 g/mol. The molecule has 0 saturated carbocycles. The molecule has 1 aliphatic rings. The smallest absolute Gasteiger partial charge is 0.244 e. The molecule has 33 heavy (non-hydrogen) atoms. The van der Waals surface area contributed by atoms with Crippen LogP contribution in [-0.4, -0.2) is 17.1 Å². The van der Waals surface area contributed by atoms with Crippen molar-refractivity contribution in [2.45, 2.75) is 54.1 Å². The summed E-state index contributed by atoms with van der Waals surface area (Å²) in [6, 6.07) is 23.8. The summed E-state index contributed by atoms with van der Waals surface area (Å²) in [4.78, 5) is 30.8. The van der Waals surface area contributed by atoms with E-state index in [1.807, 2.05) is 93.3 Å². The highest BCUT2D eigenvalue weighted by atomic mass is 32.2. The van der Waals surface area contributed by atoms with Crippen molar-refractivity contribution in [1.82, 2.24) is 0 Å². The van der Waals surface area contributed by atoms with Crippen LogP contribution in [0, 0.1) is 5.41 Å². The molecule has 1 heterocycles. The summed E-state index contributed by atoms with van der Waals surface area (Å²) in [5.41, 5.74) is 2.56. The van der Waals surface area contributed by atoms with Gasteiger partial charge in [0.15, 0.2) is 0 Å². The minimum Gasteiger partial charge on any atom is -0.326 e. The maximum atomic E-state index is 13.6. The molecule has 3 aromatic carbocycles. The number of benzene rings is 3. The van der Waals surface area contributed by atoms with Crippen molar-refractivity contribution in [3.8, 4) is 0 Å². The number of fused-ring (bicyclic) bond motifs is 2. The van der Waals surface area contributed by atoms with Crippen LogP contribution < -0.4 is 10.2 Å².